The highest BCUT2D eigenvalue weighted by Gasteiger charge is 2.40. The Hall–Kier alpha value is -2.70. The molecule has 1 aliphatic rings. The maximum Gasteiger partial charge on any atom is 0.271 e. The first-order valence-electron chi connectivity index (χ1n) is 12.0. The van der Waals surface area contributed by atoms with Crippen LogP contribution < -0.4 is 5.48 Å². The molecule has 2 unspecified atom stereocenters. The number of methoxy groups -OCH3 is 1. The topological polar surface area (TPSA) is 102 Å². The molecule has 2 rings (SSSR count). The van der Waals surface area contributed by atoms with Crippen molar-refractivity contribution in [3.8, 4) is 11.8 Å². The minimum absolute atomic E-state index is 0.193. The number of ether oxygens (including phenoxy) is 1. The molecule has 2 amide bonds. The van der Waals surface area contributed by atoms with Crippen molar-refractivity contribution < 1.29 is 24.6 Å². The van der Waals surface area contributed by atoms with Crippen molar-refractivity contribution >= 4 is 11.8 Å². The molecule has 1 fully saturated rings. The summed E-state index contributed by atoms with van der Waals surface area (Å²) in [6.45, 7) is 8.12. The van der Waals surface area contributed by atoms with Crippen LogP contribution in [-0.4, -0.2) is 84.0 Å². The Balaban J connectivity index is 1.92. The summed E-state index contributed by atoms with van der Waals surface area (Å²) in [5.74, 6) is 5.30. The second-order valence-electron chi connectivity index (χ2n) is 9.48. The average molecular weight is 486 g/mol. The van der Waals surface area contributed by atoms with Crippen molar-refractivity contribution in [3.63, 3.8) is 0 Å². The van der Waals surface area contributed by atoms with Crippen molar-refractivity contribution in [2.45, 2.75) is 51.7 Å². The predicted octanol–water partition coefficient (Wildman–Crippen LogP) is 2.45. The average Bonchev–Trinajstić information content (AvgIpc) is 2.89. The molecule has 0 saturated carbocycles. The Morgan fingerprint density at radius 1 is 1.31 bits per heavy atom. The van der Waals surface area contributed by atoms with Crippen molar-refractivity contribution in [2.75, 3.05) is 40.4 Å². The summed E-state index contributed by atoms with van der Waals surface area (Å²) in [4.78, 5) is 28.3. The number of amides is 2. The van der Waals surface area contributed by atoms with E-state index in [0.29, 0.717) is 11.7 Å². The summed E-state index contributed by atoms with van der Waals surface area (Å²) in [6, 6.07) is 6.79. The van der Waals surface area contributed by atoms with Gasteiger partial charge in [-0.15, -0.1) is 0 Å². The van der Waals surface area contributed by atoms with Crippen LogP contribution in [0.5, 0.6) is 0 Å². The van der Waals surface area contributed by atoms with Crippen LogP contribution in [0.25, 0.3) is 0 Å². The van der Waals surface area contributed by atoms with Gasteiger partial charge in [0.2, 0.25) is 0 Å². The Morgan fingerprint density at radius 3 is 2.49 bits per heavy atom. The molecule has 35 heavy (non-hydrogen) atoms. The lowest BCUT2D eigenvalue weighted by Crippen LogP contribution is -2.59. The van der Waals surface area contributed by atoms with Gasteiger partial charge in [-0.2, -0.15) is 0 Å². The second-order valence-corrected chi connectivity index (χ2v) is 9.48. The number of hydrogen-bond acceptors (Lipinski definition) is 6. The smallest absolute Gasteiger partial charge is 0.271 e. The number of hydroxylamine groups is 1. The van der Waals surface area contributed by atoms with Crippen LogP contribution in [0.2, 0.25) is 0 Å². The first-order valence-corrected chi connectivity index (χ1v) is 12.0. The van der Waals surface area contributed by atoms with Gasteiger partial charge >= 0.3 is 0 Å². The zero-order valence-electron chi connectivity index (χ0n) is 21.5. The first kappa shape index (κ1) is 28.5. The third-order valence-electron chi connectivity index (χ3n) is 6.70. The Bertz CT molecular complexity index is 942. The van der Waals surface area contributed by atoms with Crippen LogP contribution in [-0.2, 0) is 9.53 Å². The minimum atomic E-state index is -1.59. The van der Waals surface area contributed by atoms with Crippen molar-refractivity contribution in [2.24, 2.45) is 5.92 Å². The third-order valence-corrected chi connectivity index (χ3v) is 6.70. The largest absolute Gasteiger partial charge is 0.393 e. The molecule has 0 bridgehead atoms. The molecule has 0 radical (unpaired) electrons. The standard InChI is InChI=1S/C27H39N3O5/c1-20(6-7-21(2)18-30-16-14-24(35-5)15-17-30)8-9-22-10-12-23(13-11-22)25(32)29(4)27(3,19-31)26(33)28-34/h7,10-13,20,24,31,34H,6,14-19H2,1-5H3,(H,28,33)/b21-7+. The Morgan fingerprint density at radius 2 is 1.94 bits per heavy atom. The van der Waals surface area contributed by atoms with E-state index in [1.54, 1.807) is 31.4 Å². The van der Waals surface area contributed by atoms with Crippen molar-refractivity contribution in [3.05, 3.63) is 47.0 Å². The number of nitrogens with one attached hydrogen (secondary N) is 1. The number of hydrogen-bond donors (Lipinski definition) is 3. The number of nitrogens with zero attached hydrogens (tertiary/aromatic N) is 2. The maximum atomic E-state index is 12.8. The second kappa shape index (κ2) is 13.4. The molecule has 1 aromatic rings. The highest BCUT2D eigenvalue weighted by molar-refractivity contribution is 5.98. The van der Waals surface area contributed by atoms with E-state index in [4.69, 9.17) is 9.94 Å². The summed E-state index contributed by atoms with van der Waals surface area (Å²) >= 11 is 0. The summed E-state index contributed by atoms with van der Waals surface area (Å²) in [5.41, 5.74) is 2.40. The molecule has 1 heterocycles. The van der Waals surface area contributed by atoms with E-state index >= 15 is 0 Å². The lowest BCUT2D eigenvalue weighted by Gasteiger charge is -2.35. The molecule has 0 aromatic heterocycles. The maximum absolute atomic E-state index is 12.8. The van der Waals surface area contributed by atoms with E-state index in [9.17, 15) is 14.7 Å². The molecule has 0 aliphatic carbocycles. The van der Waals surface area contributed by atoms with Gasteiger partial charge in [0.25, 0.3) is 11.8 Å². The monoisotopic (exact) mass is 485 g/mol. The van der Waals surface area contributed by atoms with E-state index < -0.39 is 24.0 Å². The van der Waals surface area contributed by atoms with Gasteiger partial charge in [0.05, 0.1) is 12.7 Å². The van der Waals surface area contributed by atoms with E-state index in [1.165, 1.54) is 25.0 Å². The number of likely N-dealkylation sites (tertiary alicyclic amines) is 1. The molecule has 1 saturated heterocycles. The van der Waals surface area contributed by atoms with E-state index in [1.807, 2.05) is 0 Å². The summed E-state index contributed by atoms with van der Waals surface area (Å²) in [7, 11) is 3.19. The summed E-state index contributed by atoms with van der Waals surface area (Å²) < 4.78 is 5.44. The van der Waals surface area contributed by atoms with Gasteiger partial charge in [0.15, 0.2) is 0 Å². The third kappa shape index (κ3) is 7.91. The van der Waals surface area contributed by atoms with Crippen LogP contribution >= 0.6 is 0 Å². The van der Waals surface area contributed by atoms with Crippen LogP contribution in [0.1, 0.15) is 56.0 Å². The minimum Gasteiger partial charge on any atom is -0.393 e. The van der Waals surface area contributed by atoms with Crippen LogP contribution in [0.3, 0.4) is 0 Å². The van der Waals surface area contributed by atoms with Crippen molar-refractivity contribution in [1.82, 2.24) is 15.3 Å². The summed E-state index contributed by atoms with van der Waals surface area (Å²) in [6.07, 6.45) is 5.71. The molecule has 192 valence electrons. The Labute approximate surface area is 208 Å². The Kier molecular flexibility index (Phi) is 10.9. The van der Waals surface area contributed by atoms with Gasteiger partial charge in [-0.1, -0.05) is 30.4 Å². The molecular weight excluding hydrogens is 446 g/mol. The zero-order chi connectivity index (χ0) is 26.0. The molecule has 3 N–H and O–H groups in total. The van der Waals surface area contributed by atoms with Crippen molar-refractivity contribution in [1.29, 1.82) is 0 Å². The van der Waals surface area contributed by atoms with E-state index in [-0.39, 0.29) is 5.92 Å². The fourth-order valence-corrected chi connectivity index (χ4v) is 3.93. The molecule has 0 spiro atoms. The van der Waals surface area contributed by atoms with E-state index in [0.717, 1.165) is 49.4 Å². The lowest BCUT2D eigenvalue weighted by molar-refractivity contribution is -0.141. The van der Waals surface area contributed by atoms with E-state index in [2.05, 4.69) is 36.7 Å². The molecule has 2 atom stereocenters. The number of aliphatic hydroxyl groups is 1. The lowest BCUT2D eigenvalue weighted by atomic mass is 9.99. The number of likely N-dealkylation sites (N-methyl/N-ethyl adjacent to an activating group) is 1. The number of aliphatic hydroxyl groups excluding tert-OH is 1. The number of carbonyl (C=O) groups is 2. The number of rotatable bonds is 9. The van der Waals surface area contributed by atoms with Crippen LogP contribution in [0, 0.1) is 17.8 Å². The molecular formula is C27H39N3O5. The normalized spacial score (nSPS) is 17.6. The van der Waals surface area contributed by atoms with Crippen LogP contribution in [0.4, 0.5) is 0 Å². The molecule has 1 aliphatic heterocycles. The zero-order valence-corrected chi connectivity index (χ0v) is 21.5. The highest BCUT2D eigenvalue weighted by Crippen LogP contribution is 2.18. The number of allylic oxidation sites excluding steroid dienone is 1. The fraction of sp³-hybridized carbons (Fsp3) is 0.556. The van der Waals surface area contributed by atoms with Gasteiger partial charge in [-0.05, 0) is 57.4 Å². The number of carbonyl (C=O) groups excluding carboxylic acids is 2. The fourth-order valence-electron chi connectivity index (χ4n) is 3.93. The van der Waals surface area contributed by atoms with Gasteiger partial charge in [0.1, 0.15) is 5.54 Å². The number of piperidine rings is 1. The van der Waals surface area contributed by atoms with Gasteiger partial charge < -0.3 is 14.7 Å². The SMILES string of the molecule is COC1CCN(C/C(C)=C/CC(C)C#Cc2ccc(C(=O)N(C)C(C)(CO)C(=O)NO)cc2)CC1. The first-order chi connectivity index (χ1) is 16.6. The molecule has 8 nitrogen and oxygen atoms in total. The van der Waals surface area contributed by atoms with Gasteiger partial charge in [-0.3, -0.25) is 19.7 Å². The molecule has 1 aromatic carbocycles. The van der Waals surface area contributed by atoms with Gasteiger partial charge in [0, 0.05) is 50.8 Å². The predicted molar refractivity (Wildman–Crippen MR) is 135 cm³/mol. The highest BCUT2D eigenvalue weighted by atomic mass is 16.5. The summed E-state index contributed by atoms with van der Waals surface area (Å²) in [5, 5.41) is 18.5. The van der Waals surface area contributed by atoms with Crippen LogP contribution in [0.15, 0.2) is 35.9 Å². The quantitative estimate of drug-likeness (QED) is 0.215. The number of benzene rings is 1. The molecule has 8 heteroatoms. The van der Waals surface area contributed by atoms with Gasteiger partial charge in [-0.25, -0.2) is 5.48 Å².